The summed E-state index contributed by atoms with van der Waals surface area (Å²) in [6.07, 6.45) is 0. The maximum atomic E-state index is 5.54. The molecule has 0 aliphatic carbocycles. The fraction of sp³-hybridized carbons (Fsp3) is 0.889. The van der Waals surface area contributed by atoms with Crippen LogP contribution in [0.2, 0.25) is 0 Å². The molecule has 0 fully saturated rings. The van der Waals surface area contributed by atoms with Gasteiger partial charge in [-0.25, -0.2) is 4.40 Å². The van der Waals surface area contributed by atoms with Gasteiger partial charge in [0.15, 0.2) is 0 Å². The highest BCUT2D eigenvalue weighted by atomic mass is 35.7. The summed E-state index contributed by atoms with van der Waals surface area (Å²) in [6, 6.07) is 0. The molecule has 0 saturated carbocycles. The van der Waals surface area contributed by atoms with Crippen molar-refractivity contribution in [1.82, 2.24) is 0 Å². The Morgan fingerprint density at radius 3 is 1.42 bits per heavy atom. The van der Waals surface area contributed by atoms with Crippen molar-refractivity contribution in [3.63, 3.8) is 0 Å². The van der Waals surface area contributed by atoms with E-state index in [1.807, 2.05) is 0 Å². The van der Waals surface area contributed by atoms with E-state index < -0.39 is 0 Å². The lowest BCUT2D eigenvalue weighted by molar-refractivity contribution is 0.481. The Labute approximate surface area is 84.6 Å². The van der Waals surface area contributed by atoms with Gasteiger partial charge in [-0.1, -0.05) is 41.5 Å². The minimum Gasteiger partial charge on any atom is -0.208 e. The monoisotopic (exact) mass is 207 g/mol. The second-order valence-corrected chi connectivity index (χ2v) is 5.74. The van der Waals surface area contributed by atoms with Crippen molar-refractivity contribution in [1.29, 1.82) is 0 Å². The van der Waals surface area contributed by atoms with Crippen LogP contribution in [-0.2, 0) is 0 Å². The van der Waals surface area contributed by atoms with E-state index in [0.29, 0.717) is 0 Å². The van der Waals surface area contributed by atoms with Crippen LogP contribution in [0.4, 0.5) is 0 Å². The zero-order valence-electron chi connectivity index (χ0n) is 8.73. The average molecular weight is 208 g/mol. The van der Waals surface area contributed by atoms with Crippen LogP contribution in [0.5, 0.6) is 0 Å². The van der Waals surface area contributed by atoms with Gasteiger partial charge in [-0.2, -0.15) is 0 Å². The highest BCUT2D eigenvalue weighted by Gasteiger charge is 2.29. The van der Waals surface area contributed by atoms with Crippen molar-refractivity contribution in [3.05, 3.63) is 0 Å². The Morgan fingerprint density at radius 1 is 1.00 bits per heavy atom. The number of hydrogen-bond donors (Lipinski definition) is 0. The molecular weight excluding hydrogens is 190 g/mol. The standard InChI is InChI=1S/C9H18ClNS/c1-8(2,3)7(11-12-10)9(4,5)6/h1-6H3. The Morgan fingerprint density at radius 2 is 1.33 bits per heavy atom. The van der Waals surface area contributed by atoms with Gasteiger partial charge in [0.05, 0.1) is 11.2 Å². The molecule has 0 atom stereocenters. The van der Waals surface area contributed by atoms with E-state index in [-0.39, 0.29) is 10.8 Å². The van der Waals surface area contributed by atoms with Crippen molar-refractivity contribution >= 4 is 27.6 Å². The zero-order valence-corrected chi connectivity index (χ0v) is 10.3. The maximum absolute atomic E-state index is 5.54. The summed E-state index contributed by atoms with van der Waals surface area (Å²) < 4.78 is 4.27. The van der Waals surface area contributed by atoms with Crippen molar-refractivity contribution in [2.75, 3.05) is 0 Å². The molecule has 0 aromatic carbocycles. The van der Waals surface area contributed by atoms with E-state index in [0.717, 1.165) is 16.9 Å². The Hall–Kier alpha value is 0.310. The minimum atomic E-state index is 0.0974. The molecule has 0 aromatic heterocycles. The van der Waals surface area contributed by atoms with Crippen LogP contribution in [0, 0.1) is 10.8 Å². The molecule has 0 heterocycles. The van der Waals surface area contributed by atoms with Crippen LogP contribution in [0.15, 0.2) is 4.40 Å². The van der Waals surface area contributed by atoms with Gasteiger partial charge in [-0.15, -0.1) is 0 Å². The first-order valence-corrected chi connectivity index (χ1v) is 5.66. The van der Waals surface area contributed by atoms with E-state index in [4.69, 9.17) is 10.7 Å². The van der Waals surface area contributed by atoms with Gasteiger partial charge >= 0.3 is 0 Å². The second-order valence-electron chi connectivity index (χ2n) is 5.01. The summed E-state index contributed by atoms with van der Waals surface area (Å²) in [4.78, 5) is 0. The molecule has 0 aliphatic heterocycles. The predicted molar refractivity (Wildman–Crippen MR) is 59.8 cm³/mol. The molecule has 1 nitrogen and oxygen atoms in total. The molecular formula is C9H18ClNS. The average Bonchev–Trinajstić information content (AvgIpc) is 1.77. The molecule has 3 heteroatoms. The normalized spacial score (nSPS) is 12.9. The summed E-state index contributed by atoms with van der Waals surface area (Å²) in [6.45, 7) is 12.9. The lowest BCUT2D eigenvalue weighted by Crippen LogP contribution is -2.32. The van der Waals surface area contributed by atoms with Crippen LogP contribution >= 0.6 is 21.8 Å². The summed E-state index contributed by atoms with van der Waals surface area (Å²) in [5.74, 6) is 0. The number of hydrogen-bond acceptors (Lipinski definition) is 2. The Kier molecular flexibility index (Phi) is 4.12. The second kappa shape index (κ2) is 4.01. The third kappa shape index (κ3) is 3.81. The third-order valence-electron chi connectivity index (χ3n) is 1.55. The van der Waals surface area contributed by atoms with Crippen molar-refractivity contribution in [3.8, 4) is 0 Å². The molecule has 72 valence electrons. The molecule has 0 rings (SSSR count). The molecule has 0 bridgehead atoms. The van der Waals surface area contributed by atoms with E-state index in [9.17, 15) is 0 Å². The fourth-order valence-corrected chi connectivity index (χ4v) is 2.26. The quantitative estimate of drug-likeness (QED) is 0.461. The fourth-order valence-electron chi connectivity index (χ4n) is 1.43. The minimum absolute atomic E-state index is 0.0974. The predicted octanol–water partition coefficient (Wildman–Crippen LogP) is 4.32. The van der Waals surface area contributed by atoms with E-state index in [2.05, 4.69) is 45.9 Å². The maximum Gasteiger partial charge on any atom is 0.0825 e. The molecule has 0 unspecified atom stereocenters. The molecule has 12 heavy (non-hydrogen) atoms. The first-order chi connectivity index (χ1) is 5.19. The van der Waals surface area contributed by atoms with Gasteiger partial charge in [0.1, 0.15) is 0 Å². The third-order valence-corrected chi connectivity index (χ3v) is 2.01. The lowest BCUT2D eigenvalue weighted by Gasteiger charge is -2.31. The Bertz CT molecular complexity index is 158. The molecule has 0 N–H and O–H groups in total. The smallest absolute Gasteiger partial charge is 0.0825 e. The highest BCUT2D eigenvalue weighted by Crippen LogP contribution is 2.32. The van der Waals surface area contributed by atoms with Crippen LogP contribution in [0.25, 0.3) is 0 Å². The van der Waals surface area contributed by atoms with Crippen LogP contribution in [0.3, 0.4) is 0 Å². The van der Waals surface area contributed by atoms with E-state index >= 15 is 0 Å². The summed E-state index contributed by atoms with van der Waals surface area (Å²) in [5.41, 5.74) is 1.34. The van der Waals surface area contributed by atoms with Gasteiger partial charge in [-0.05, 0) is 10.7 Å². The summed E-state index contributed by atoms with van der Waals surface area (Å²) in [7, 11) is 5.54. The zero-order chi connectivity index (χ0) is 9.99. The number of nitrogens with zero attached hydrogens (tertiary/aromatic N) is 1. The molecule has 0 radical (unpaired) electrons. The SMILES string of the molecule is CC(C)(C)C(=NSCl)C(C)(C)C. The number of rotatable bonds is 1. The van der Waals surface area contributed by atoms with Gasteiger partial charge in [-0.3, -0.25) is 0 Å². The van der Waals surface area contributed by atoms with Crippen molar-refractivity contribution < 1.29 is 0 Å². The van der Waals surface area contributed by atoms with Gasteiger partial charge < -0.3 is 0 Å². The molecule has 0 aliphatic rings. The first kappa shape index (κ1) is 12.3. The van der Waals surface area contributed by atoms with Crippen LogP contribution in [0.1, 0.15) is 41.5 Å². The van der Waals surface area contributed by atoms with Crippen molar-refractivity contribution in [2.24, 2.45) is 15.2 Å². The van der Waals surface area contributed by atoms with Gasteiger partial charge in [0, 0.05) is 16.5 Å². The molecule has 0 saturated heterocycles. The topological polar surface area (TPSA) is 12.4 Å². The van der Waals surface area contributed by atoms with E-state index in [1.165, 1.54) is 0 Å². The number of halogens is 1. The summed E-state index contributed by atoms with van der Waals surface area (Å²) in [5, 5.41) is 0. The summed E-state index contributed by atoms with van der Waals surface area (Å²) >= 11 is 1.02. The largest absolute Gasteiger partial charge is 0.208 e. The Balaban J connectivity index is 4.83. The van der Waals surface area contributed by atoms with Crippen molar-refractivity contribution in [2.45, 2.75) is 41.5 Å². The highest BCUT2D eigenvalue weighted by molar-refractivity contribution is 8.20. The first-order valence-electron chi connectivity index (χ1n) is 4.06. The van der Waals surface area contributed by atoms with Crippen LogP contribution < -0.4 is 0 Å². The van der Waals surface area contributed by atoms with Crippen LogP contribution in [-0.4, -0.2) is 5.71 Å². The molecule has 0 amide bonds. The van der Waals surface area contributed by atoms with Gasteiger partial charge in [0.2, 0.25) is 0 Å². The van der Waals surface area contributed by atoms with E-state index in [1.54, 1.807) is 0 Å². The molecule has 0 spiro atoms. The lowest BCUT2D eigenvalue weighted by atomic mass is 9.75. The molecule has 0 aromatic rings. The van der Waals surface area contributed by atoms with Gasteiger partial charge in [0.25, 0.3) is 0 Å².